The van der Waals surface area contributed by atoms with Crippen LogP contribution in [0, 0.1) is 0 Å². The van der Waals surface area contributed by atoms with Crippen molar-refractivity contribution in [1.82, 2.24) is 14.8 Å². The Morgan fingerprint density at radius 1 is 0.919 bits per heavy atom. The minimum absolute atomic E-state index is 0.0472. The number of ketones is 1. The highest BCUT2D eigenvalue weighted by atomic mass is 16.4. The van der Waals surface area contributed by atoms with E-state index in [4.69, 9.17) is 10.1 Å². The third-order valence-electron chi connectivity index (χ3n) is 7.13. The number of aliphatic imine (C=N–C) groups is 1. The molecule has 0 unspecified atom stereocenters. The minimum atomic E-state index is -1.34. The summed E-state index contributed by atoms with van der Waals surface area (Å²) < 4.78 is 0. The van der Waals surface area contributed by atoms with Gasteiger partial charge in [-0.3, -0.25) is 14.6 Å². The van der Waals surface area contributed by atoms with Gasteiger partial charge in [-0.1, -0.05) is 12.1 Å². The minimum Gasteiger partial charge on any atom is -0.494 e. The molecule has 3 aromatic rings. The highest BCUT2D eigenvalue weighted by molar-refractivity contribution is 6.22. The zero-order chi connectivity index (χ0) is 26.9. The van der Waals surface area contributed by atoms with E-state index in [1.807, 2.05) is 0 Å². The van der Waals surface area contributed by atoms with Gasteiger partial charge < -0.3 is 20.1 Å². The van der Waals surface area contributed by atoms with Crippen molar-refractivity contribution >= 4 is 34.4 Å². The van der Waals surface area contributed by atoms with Crippen LogP contribution in [0.4, 0.5) is 4.79 Å². The molecule has 37 heavy (non-hydrogen) atoms. The Balaban J connectivity index is 1.80. The van der Waals surface area contributed by atoms with Crippen molar-refractivity contribution in [3.8, 4) is 5.88 Å². The normalized spacial score (nSPS) is 18.2. The Kier molecular flexibility index (Phi) is 7.45. The molecular weight excluding hydrogens is 472 g/mol. The van der Waals surface area contributed by atoms with Gasteiger partial charge in [-0.15, -0.1) is 0 Å². The Hall–Kier alpha value is -3.98. The molecule has 194 valence electrons. The molecule has 4 rings (SSSR count). The van der Waals surface area contributed by atoms with Crippen LogP contribution in [0.3, 0.4) is 0 Å². The molecule has 1 aliphatic carbocycles. The molecule has 0 atom stereocenters. The van der Waals surface area contributed by atoms with Crippen molar-refractivity contribution in [2.45, 2.75) is 44.7 Å². The number of H-pyrrole nitrogens is 1. The topological polar surface area (TPSA) is 126 Å². The summed E-state index contributed by atoms with van der Waals surface area (Å²) >= 11 is 0. The van der Waals surface area contributed by atoms with E-state index in [-0.39, 0.29) is 23.3 Å². The third-order valence-corrected chi connectivity index (χ3v) is 7.13. The predicted molar refractivity (Wildman–Crippen MR) is 142 cm³/mol. The molecule has 2 amide bonds. The molecule has 1 aromatic heterocycles. The van der Waals surface area contributed by atoms with E-state index >= 15 is 0 Å². The van der Waals surface area contributed by atoms with Gasteiger partial charge in [0.05, 0.1) is 17.3 Å². The number of carbonyl (C=O) groups is 3. The van der Waals surface area contributed by atoms with Gasteiger partial charge in [-0.2, -0.15) is 0 Å². The van der Waals surface area contributed by atoms with Crippen LogP contribution in [0.5, 0.6) is 5.88 Å². The van der Waals surface area contributed by atoms with Gasteiger partial charge in [-0.25, -0.2) is 9.69 Å². The lowest BCUT2D eigenvalue weighted by molar-refractivity contribution is 0.0781. The van der Waals surface area contributed by atoms with Gasteiger partial charge in [0.15, 0.2) is 11.7 Å². The van der Waals surface area contributed by atoms with E-state index in [0.29, 0.717) is 44.2 Å². The average Bonchev–Trinajstić information content (AvgIpc) is 3.21. The summed E-state index contributed by atoms with van der Waals surface area (Å²) in [7, 11) is 5.37. The number of hydrogen-bond acceptors (Lipinski definition) is 6. The summed E-state index contributed by atoms with van der Waals surface area (Å²) in [5.41, 5.74) is 3.15. The molecule has 1 aliphatic rings. The number of aromatic amines is 1. The molecule has 9 nitrogen and oxygen atoms in total. The molecule has 2 aromatic carbocycles. The zero-order valence-electron chi connectivity index (χ0n) is 21.5. The maximum atomic E-state index is 12.5. The van der Waals surface area contributed by atoms with Crippen LogP contribution >= 0.6 is 0 Å². The van der Waals surface area contributed by atoms with E-state index in [2.05, 4.69) is 24.0 Å². The Bertz CT molecular complexity index is 1370. The highest BCUT2D eigenvalue weighted by Crippen LogP contribution is 2.33. The lowest BCUT2D eigenvalue weighted by Gasteiger charge is -2.31. The van der Waals surface area contributed by atoms with Gasteiger partial charge in [0.2, 0.25) is 0 Å². The fourth-order valence-electron chi connectivity index (χ4n) is 4.86. The maximum absolute atomic E-state index is 12.5. The number of aromatic nitrogens is 1. The van der Waals surface area contributed by atoms with Gasteiger partial charge in [0, 0.05) is 40.7 Å². The van der Waals surface area contributed by atoms with Crippen LogP contribution in [0.15, 0.2) is 47.5 Å². The first kappa shape index (κ1) is 26.1. The molecule has 1 fully saturated rings. The SMILES string of the molecule is CC(=O)c1ccc2[nH]c(O)c(C(=NC3CCC(N(C)C)CC3)c3ccc(C(=O)N(C)C(=O)O)cc3)c2c1. The number of fused-ring (bicyclic) bond motifs is 1. The first-order chi connectivity index (χ1) is 17.6. The molecule has 0 saturated heterocycles. The van der Waals surface area contributed by atoms with E-state index < -0.39 is 12.0 Å². The standard InChI is InChI=1S/C28H32N4O5/c1-16(33)19-9-14-23-22(15-19)24(26(34)30-23)25(29-20-10-12-21(13-11-20)31(2)3)17-5-7-18(8-6-17)27(35)32(4)28(36)37/h5-9,14-15,20-21,30,34H,10-13H2,1-4H3,(H,36,37). The number of carbonyl (C=O) groups excluding carboxylic acids is 2. The lowest BCUT2D eigenvalue weighted by atomic mass is 9.90. The van der Waals surface area contributed by atoms with E-state index in [9.17, 15) is 19.5 Å². The molecular formula is C28H32N4O5. The first-order valence-electron chi connectivity index (χ1n) is 12.3. The van der Waals surface area contributed by atoms with Crippen LogP contribution < -0.4 is 0 Å². The third kappa shape index (κ3) is 5.41. The second-order valence-corrected chi connectivity index (χ2v) is 9.79. The Morgan fingerprint density at radius 2 is 1.51 bits per heavy atom. The summed E-state index contributed by atoms with van der Waals surface area (Å²) in [6.45, 7) is 1.50. The number of rotatable bonds is 6. The smallest absolute Gasteiger partial charge is 0.414 e. The molecule has 0 radical (unpaired) electrons. The van der Waals surface area contributed by atoms with Crippen molar-refractivity contribution in [3.05, 3.63) is 64.7 Å². The summed E-state index contributed by atoms with van der Waals surface area (Å²) in [5.74, 6) is -0.776. The summed E-state index contributed by atoms with van der Waals surface area (Å²) in [6.07, 6.45) is 2.48. The van der Waals surface area contributed by atoms with Crippen molar-refractivity contribution in [3.63, 3.8) is 0 Å². The molecule has 1 saturated carbocycles. The van der Waals surface area contributed by atoms with Crippen LogP contribution in [-0.4, -0.2) is 81.7 Å². The van der Waals surface area contributed by atoms with E-state index in [0.717, 1.165) is 25.7 Å². The molecule has 0 spiro atoms. The predicted octanol–water partition coefficient (Wildman–Crippen LogP) is 4.54. The molecule has 1 heterocycles. The largest absolute Gasteiger partial charge is 0.494 e. The maximum Gasteiger partial charge on any atom is 0.414 e. The number of aromatic hydroxyl groups is 1. The van der Waals surface area contributed by atoms with Crippen molar-refractivity contribution in [1.29, 1.82) is 0 Å². The number of hydrogen-bond donors (Lipinski definition) is 3. The molecule has 0 bridgehead atoms. The number of nitrogens with zero attached hydrogens (tertiary/aromatic N) is 3. The number of benzene rings is 2. The van der Waals surface area contributed by atoms with Crippen LogP contribution in [-0.2, 0) is 0 Å². The number of nitrogens with one attached hydrogen (secondary N) is 1. The number of imide groups is 1. The molecule has 0 aliphatic heterocycles. The second kappa shape index (κ2) is 10.6. The van der Waals surface area contributed by atoms with E-state index in [1.54, 1.807) is 42.5 Å². The van der Waals surface area contributed by atoms with Crippen molar-refractivity contribution in [2.75, 3.05) is 21.1 Å². The van der Waals surface area contributed by atoms with Crippen LogP contribution in [0.25, 0.3) is 10.9 Å². The fourth-order valence-corrected chi connectivity index (χ4v) is 4.86. The van der Waals surface area contributed by atoms with Gasteiger partial charge in [0.25, 0.3) is 5.91 Å². The first-order valence-corrected chi connectivity index (χ1v) is 12.3. The summed E-state index contributed by atoms with van der Waals surface area (Å²) in [4.78, 5) is 46.7. The number of Topliss-reactive ketones (excluding diaryl/α,β-unsaturated/α-hetero) is 1. The van der Waals surface area contributed by atoms with Crippen molar-refractivity contribution < 1.29 is 24.6 Å². The van der Waals surface area contributed by atoms with Crippen LogP contribution in [0.1, 0.15) is 64.4 Å². The Labute approximate surface area is 215 Å². The second-order valence-electron chi connectivity index (χ2n) is 9.79. The number of amides is 2. The molecule has 3 N–H and O–H groups in total. The average molecular weight is 505 g/mol. The quantitative estimate of drug-likeness (QED) is 0.334. The van der Waals surface area contributed by atoms with Gasteiger partial charge >= 0.3 is 6.09 Å². The summed E-state index contributed by atoms with van der Waals surface area (Å²) in [5, 5.41) is 20.8. The summed E-state index contributed by atoms with van der Waals surface area (Å²) in [6, 6.07) is 12.3. The van der Waals surface area contributed by atoms with Gasteiger partial charge in [0.1, 0.15) is 0 Å². The zero-order valence-corrected chi connectivity index (χ0v) is 21.5. The monoisotopic (exact) mass is 504 g/mol. The van der Waals surface area contributed by atoms with E-state index in [1.165, 1.54) is 14.0 Å². The Morgan fingerprint density at radius 3 is 2.08 bits per heavy atom. The van der Waals surface area contributed by atoms with Crippen LogP contribution in [0.2, 0.25) is 0 Å². The molecule has 9 heteroatoms. The highest BCUT2D eigenvalue weighted by Gasteiger charge is 2.26. The van der Waals surface area contributed by atoms with Crippen molar-refractivity contribution in [2.24, 2.45) is 4.99 Å². The fraction of sp³-hybridized carbons (Fsp3) is 0.357. The lowest BCUT2D eigenvalue weighted by Crippen LogP contribution is -2.33. The number of carboxylic acid groups (broad SMARTS) is 1. The van der Waals surface area contributed by atoms with Gasteiger partial charge in [-0.05, 0) is 77.0 Å².